The third-order valence-electron chi connectivity index (χ3n) is 2.77. The second kappa shape index (κ2) is 4.49. The molecule has 1 heterocycles. The van der Waals surface area contributed by atoms with E-state index >= 15 is 0 Å². The maximum absolute atomic E-state index is 11.9. The van der Waals surface area contributed by atoms with Crippen molar-refractivity contribution in [3.63, 3.8) is 0 Å². The molecule has 0 saturated heterocycles. The third-order valence-corrected chi connectivity index (χ3v) is 2.77. The van der Waals surface area contributed by atoms with Crippen LogP contribution < -0.4 is 5.11 Å². The molecule has 0 spiro atoms. The van der Waals surface area contributed by atoms with Gasteiger partial charge in [-0.3, -0.25) is 4.79 Å². The SMILES string of the molecule is CC(C(=O)[O-])=C1OC(c2ccccc2)=C(C)C1=O. The number of carboxylic acids is 1. The molecular formula is C14H11O4-. The predicted molar refractivity (Wildman–Crippen MR) is 62.8 cm³/mol. The van der Waals surface area contributed by atoms with Crippen LogP contribution in [-0.2, 0) is 14.3 Å². The van der Waals surface area contributed by atoms with Crippen LogP contribution in [0.2, 0.25) is 0 Å². The van der Waals surface area contributed by atoms with E-state index in [4.69, 9.17) is 4.74 Å². The molecule has 4 heteroatoms. The van der Waals surface area contributed by atoms with Crippen molar-refractivity contribution >= 4 is 17.5 Å². The van der Waals surface area contributed by atoms with Crippen molar-refractivity contribution in [2.75, 3.05) is 0 Å². The van der Waals surface area contributed by atoms with Crippen molar-refractivity contribution < 1.29 is 19.4 Å². The van der Waals surface area contributed by atoms with Crippen molar-refractivity contribution in [1.29, 1.82) is 0 Å². The van der Waals surface area contributed by atoms with Crippen LogP contribution in [0, 0.1) is 0 Å². The Labute approximate surface area is 104 Å². The van der Waals surface area contributed by atoms with Crippen LogP contribution >= 0.6 is 0 Å². The lowest BCUT2D eigenvalue weighted by Gasteiger charge is -2.08. The zero-order valence-corrected chi connectivity index (χ0v) is 10.0. The first-order chi connectivity index (χ1) is 8.52. The number of Topliss-reactive ketones (excluding diaryl/α,β-unsaturated/α-hetero) is 1. The van der Waals surface area contributed by atoms with Gasteiger partial charge < -0.3 is 14.6 Å². The van der Waals surface area contributed by atoms with Gasteiger partial charge in [0.1, 0.15) is 5.76 Å². The summed E-state index contributed by atoms with van der Waals surface area (Å²) < 4.78 is 5.38. The number of aliphatic carboxylic acids is 1. The van der Waals surface area contributed by atoms with E-state index in [9.17, 15) is 14.7 Å². The fraction of sp³-hybridized carbons (Fsp3) is 0.143. The summed E-state index contributed by atoms with van der Waals surface area (Å²) >= 11 is 0. The van der Waals surface area contributed by atoms with Crippen LogP contribution in [0.25, 0.3) is 5.76 Å². The monoisotopic (exact) mass is 243 g/mol. The molecule has 0 saturated carbocycles. The molecule has 0 atom stereocenters. The summed E-state index contributed by atoms with van der Waals surface area (Å²) in [6, 6.07) is 9.07. The fourth-order valence-electron chi connectivity index (χ4n) is 1.70. The molecule has 0 amide bonds. The Balaban J connectivity index is 2.46. The van der Waals surface area contributed by atoms with Crippen LogP contribution in [0.1, 0.15) is 19.4 Å². The fourth-order valence-corrected chi connectivity index (χ4v) is 1.70. The average Bonchev–Trinajstić information content (AvgIpc) is 2.67. The van der Waals surface area contributed by atoms with Gasteiger partial charge in [-0.25, -0.2) is 0 Å². The molecule has 18 heavy (non-hydrogen) atoms. The van der Waals surface area contributed by atoms with Gasteiger partial charge in [0.15, 0.2) is 5.76 Å². The Kier molecular flexibility index (Phi) is 3.02. The smallest absolute Gasteiger partial charge is 0.227 e. The molecule has 0 radical (unpaired) electrons. The lowest BCUT2D eigenvalue weighted by atomic mass is 10.1. The quantitative estimate of drug-likeness (QED) is 0.728. The maximum Gasteiger partial charge on any atom is 0.227 e. The summed E-state index contributed by atoms with van der Waals surface area (Å²) in [7, 11) is 0. The van der Waals surface area contributed by atoms with E-state index in [1.807, 2.05) is 18.2 Å². The van der Waals surface area contributed by atoms with Gasteiger partial charge in [0, 0.05) is 16.7 Å². The lowest BCUT2D eigenvalue weighted by Crippen LogP contribution is -2.25. The van der Waals surface area contributed by atoms with Crippen LogP contribution in [0.3, 0.4) is 0 Å². The molecule has 1 aliphatic rings. The summed E-state index contributed by atoms with van der Waals surface area (Å²) in [6.07, 6.45) is 0. The summed E-state index contributed by atoms with van der Waals surface area (Å²) in [5, 5.41) is 10.8. The molecule has 0 bridgehead atoms. The third kappa shape index (κ3) is 1.93. The zero-order valence-electron chi connectivity index (χ0n) is 10.0. The molecule has 1 aromatic rings. The average molecular weight is 243 g/mol. The van der Waals surface area contributed by atoms with Crippen molar-refractivity contribution in [2.24, 2.45) is 0 Å². The highest BCUT2D eigenvalue weighted by Crippen LogP contribution is 2.33. The second-order valence-electron chi connectivity index (χ2n) is 3.99. The normalized spacial score (nSPS) is 17.8. The highest BCUT2D eigenvalue weighted by molar-refractivity contribution is 6.16. The van der Waals surface area contributed by atoms with Crippen molar-refractivity contribution in [2.45, 2.75) is 13.8 Å². The van der Waals surface area contributed by atoms with Gasteiger partial charge in [-0.15, -0.1) is 0 Å². The van der Waals surface area contributed by atoms with Crippen molar-refractivity contribution in [3.8, 4) is 0 Å². The lowest BCUT2D eigenvalue weighted by molar-refractivity contribution is -0.299. The van der Waals surface area contributed by atoms with Gasteiger partial charge in [-0.05, 0) is 13.8 Å². The van der Waals surface area contributed by atoms with Gasteiger partial charge in [-0.2, -0.15) is 0 Å². The highest BCUT2D eigenvalue weighted by Gasteiger charge is 2.29. The first kappa shape index (κ1) is 12.1. The first-order valence-corrected chi connectivity index (χ1v) is 5.43. The van der Waals surface area contributed by atoms with Crippen LogP contribution in [0.15, 0.2) is 47.2 Å². The van der Waals surface area contributed by atoms with Gasteiger partial charge in [0.25, 0.3) is 0 Å². The van der Waals surface area contributed by atoms with Crippen LogP contribution in [0.4, 0.5) is 0 Å². The standard InChI is InChI=1S/C14H12O4/c1-8-11(15)13(9(2)14(16)17)18-12(8)10-6-4-3-5-7-10/h3-7H,1-2H3,(H,16,17)/p-1. The molecule has 0 aromatic heterocycles. The summed E-state index contributed by atoms with van der Waals surface area (Å²) in [5.74, 6) is -1.57. The van der Waals surface area contributed by atoms with E-state index in [0.717, 1.165) is 5.56 Å². The molecule has 2 rings (SSSR count). The largest absolute Gasteiger partial charge is 0.545 e. The van der Waals surface area contributed by atoms with E-state index in [-0.39, 0.29) is 11.3 Å². The topological polar surface area (TPSA) is 66.4 Å². The van der Waals surface area contributed by atoms with Crippen LogP contribution in [0.5, 0.6) is 0 Å². The van der Waals surface area contributed by atoms with E-state index in [2.05, 4.69) is 0 Å². The number of hydrogen-bond acceptors (Lipinski definition) is 4. The zero-order chi connectivity index (χ0) is 13.3. The Morgan fingerprint density at radius 3 is 2.39 bits per heavy atom. The van der Waals surface area contributed by atoms with E-state index in [0.29, 0.717) is 11.3 Å². The number of rotatable bonds is 2. The molecule has 1 aliphatic heterocycles. The number of ketones is 1. The molecule has 0 N–H and O–H groups in total. The van der Waals surface area contributed by atoms with Crippen molar-refractivity contribution in [3.05, 3.63) is 52.8 Å². The Bertz CT molecular complexity index is 579. The summed E-state index contributed by atoms with van der Waals surface area (Å²) in [5.41, 5.74) is 0.951. The number of carboxylic acid groups (broad SMARTS) is 1. The molecule has 0 fully saturated rings. The van der Waals surface area contributed by atoms with E-state index in [1.165, 1.54) is 6.92 Å². The van der Waals surface area contributed by atoms with Crippen molar-refractivity contribution in [1.82, 2.24) is 0 Å². The minimum Gasteiger partial charge on any atom is -0.545 e. The summed E-state index contributed by atoms with van der Waals surface area (Å²) in [6.45, 7) is 2.91. The van der Waals surface area contributed by atoms with Gasteiger partial charge >= 0.3 is 0 Å². The number of carbonyl (C=O) groups excluding carboxylic acids is 2. The van der Waals surface area contributed by atoms with Gasteiger partial charge in [0.2, 0.25) is 5.78 Å². The molecule has 4 nitrogen and oxygen atoms in total. The first-order valence-electron chi connectivity index (χ1n) is 5.43. The van der Waals surface area contributed by atoms with E-state index in [1.54, 1.807) is 19.1 Å². The molecular weight excluding hydrogens is 232 g/mol. The Hall–Kier alpha value is -2.36. The molecule has 0 unspecified atom stereocenters. The highest BCUT2D eigenvalue weighted by atomic mass is 16.5. The molecule has 92 valence electrons. The Morgan fingerprint density at radius 1 is 1.22 bits per heavy atom. The maximum atomic E-state index is 11.9. The second-order valence-corrected chi connectivity index (χ2v) is 3.99. The number of allylic oxidation sites excluding steroid dienone is 1. The molecule has 1 aromatic carbocycles. The van der Waals surface area contributed by atoms with Crippen LogP contribution in [-0.4, -0.2) is 11.8 Å². The number of hydrogen-bond donors (Lipinski definition) is 0. The predicted octanol–water partition coefficient (Wildman–Crippen LogP) is 1.04. The number of ether oxygens (including phenoxy) is 1. The van der Waals surface area contributed by atoms with Gasteiger partial charge in [-0.1, -0.05) is 30.3 Å². The Morgan fingerprint density at radius 2 is 1.83 bits per heavy atom. The molecule has 0 aliphatic carbocycles. The number of benzene rings is 1. The minimum absolute atomic E-state index is 0.161. The summed E-state index contributed by atoms with van der Waals surface area (Å²) in [4.78, 5) is 22.7. The van der Waals surface area contributed by atoms with E-state index < -0.39 is 11.8 Å². The van der Waals surface area contributed by atoms with Gasteiger partial charge in [0.05, 0.1) is 5.97 Å². The number of carbonyl (C=O) groups is 2. The minimum atomic E-state index is -1.40.